The molecule has 2 heterocycles. The van der Waals surface area contributed by atoms with Crippen molar-refractivity contribution in [1.29, 1.82) is 0 Å². The van der Waals surface area contributed by atoms with Crippen LogP contribution in [0.5, 0.6) is 0 Å². The van der Waals surface area contributed by atoms with E-state index in [4.69, 9.17) is 5.73 Å². The van der Waals surface area contributed by atoms with Crippen molar-refractivity contribution < 1.29 is 36.2 Å². The Kier molecular flexibility index (Phi) is 5.48. The van der Waals surface area contributed by atoms with Gasteiger partial charge in [0.05, 0.1) is 23.1 Å². The SMILES string of the molecule is NC(=O)C1CCC(C(O)c2cc(C(F)(F)F)nc3c(C(F)(F)F)cccc23)NC1. The monoisotopic (exact) mass is 421 g/mol. The third kappa shape index (κ3) is 4.30. The lowest BCUT2D eigenvalue weighted by Crippen LogP contribution is -2.46. The molecule has 0 radical (unpaired) electrons. The van der Waals surface area contributed by atoms with Gasteiger partial charge in [0.15, 0.2) is 0 Å². The lowest BCUT2D eigenvalue weighted by atomic mass is 9.88. The average Bonchev–Trinajstić information content (AvgIpc) is 2.64. The molecule has 29 heavy (non-hydrogen) atoms. The van der Waals surface area contributed by atoms with Gasteiger partial charge in [-0.3, -0.25) is 4.79 Å². The first-order valence-electron chi connectivity index (χ1n) is 8.68. The number of nitrogens with one attached hydrogen (secondary N) is 1. The van der Waals surface area contributed by atoms with Crippen LogP contribution in [0.1, 0.15) is 35.8 Å². The van der Waals surface area contributed by atoms with E-state index in [1.165, 1.54) is 6.07 Å². The molecule has 3 atom stereocenters. The summed E-state index contributed by atoms with van der Waals surface area (Å²) in [6.07, 6.45) is -11.0. The van der Waals surface area contributed by atoms with E-state index in [1.807, 2.05) is 0 Å². The van der Waals surface area contributed by atoms with Crippen molar-refractivity contribution in [2.24, 2.45) is 11.7 Å². The molecule has 1 aliphatic heterocycles. The number of para-hydroxylation sites is 1. The molecule has 3 unspecified atom stereocenters. The Hall–Kier alpha value is -2.40. The summed E-state index contributed by atoms with van der Waals surface area (Å²) in [5.74, 6) is -1.04. The van der Waals surface area contributed by atoms with Gasteiger partial charge < -0.3 is 16.2 Å². The molecule has 1 aromatic heterocycles. The van der Waals surface area contributed by atoms with Crippen LogP contribution in [0.4, 0.5) is 26.3 Å². The number of pyridine rings is 1. The number of fused-ring (bicyclic) bond motifs is 1. The standard InChI is InChI=1S/C18H17F6N3O2/c19-17(20,21)11-3-1-2-9-10(6-13(18(22,23)24)27-14(9)11)15(28)12-5-4-8(7-26-12)16(25)29/h1-3,6,8,12,15,26,28H,4-5,7H2,(H2,25,29). The van der Waals surface area contributed by atoms with Gasteiger partial charge in [0.1, 0.15) is 5.69 Å². The van der Waals surface area contributed by atoms with Crippen LogP contribution in [0.15, 0.2) is 24.3 Å². The fraction of sp³-hybridized carbons (Fsp3) is 0.444. The van der Waals surface area contributed by atoms with Crippen LogP contribution in [0.2, 0.25) is 0 Å². The van der Waals surface area contributed by atoms with Crippen molar-refractivity contribution in [2.45, 2.75) is 37.3 Å². The second kappa shape index (κ2) is 7.45. The molecular weight excluding hydrogens is 404 g/mol. The molecule has 0 aliphatic carbocycles. The number of aliphatic hydroxyl groups is 1. The van der Waals surface area contributed by atoms with Crippen molar-refractivity contribution in [3.63, 3.8) is 0 Å². The summed E-state index contributed by atoms with van der Waals surface area (Å²) in [4.78, 5) is 14.4. The topological polar surface area (TPSA) is 88.2 Å². The van der Waals surface area contributed by atoms with Crippen LogP contribution in [0, 0.1) is 5.92 Å². The molecule has 0 bridgehead atoms. The average molecular weight is 421 g/mol. The Morgan fingerprint density at radius 1 is 1.17 bits per heavy atom. The number of halogens is 6. The predicted octanol–water partition coefficient (Wildman–Crippen LogP) is 3.16. The number of alkyl halides is 6. The Labute approximate surface area is 160 Å². The number of aromatic nitrogens is 1. The fourth-order valence-corrected chi connectivity index (χ4v) is 3.50. The van der Waals surface area contributed by atoms with E-state index in [0.717, 1.165) is 6.07 Å². The van der Waals surface area contributed by atoms with Crippen molar-refractivity contribution in [3.8, 4) is 0 Å². The largest absolute Gasteiger partial charge is 0.433 e. The van der Waals surface area contributed by atoms with Crippen molar-refractivity contribution in [2.75, 3.05) is 6.54 Å². The lowest BCUT2D eigenvalue weighted by molar-refractivity contribution is -0.142. The molecule has 11 heteroatoms. The first kappa shape index (κ1) is 21.3. The molecule has 1 amide bonds. The van der Waals surface area contributed by atoms with Crippen LogP contribution < -0.4 is 11.1 Å². The highest BCUT2D eigenvalue weighted by molar-refractivity contribution is 5.86. The zero-order valence-electron chi connectivity index (χ0n) is 14.8. The Morgan fingerprint density at radius 3 is 2.38 bits per heavy atom. The second-order valence-electron chi connectivity index (χ2n) is 6.93. The molecule has 3 rings (SSSR count). The normalized spacial score (nSPS) is 21.9. The number of rotatable bonds is 3. The van der Waals surface area contributed by atoms with Crippen LogP contribution in [-0.4, -0.2) is 28.6 Å². The van der Waals surface area contributed by atoms with Gasteiger partial charge >= 0.3 is 12.4 Å². The fourth-order valence-electron chi connectivity index (χ4n) is 3.50. The smallest absolute Gasteiger partial charge is 0.387 e. The van der Waals surface area contributed by atoms with Gasteiger partial charge in [0.2, 0.25) is 5.91 Å². The van der Waals surface area contributed by atoms with Crippen molar-refractivity contribution >= 4 is 16.8 Å². The Balaban J connectivity index is 2.10. The summed E-state index contributed by atoms with van der Waals surface area (Å²) in [6, 6.07) is 2.68. The summed E-state index contributed by atoms with van der Waals surface area (Å²) in [7, 11) is 0. The molecule has 1 aromatic carbocycles. The molecule has 1 saturated heterocycles. The molecule has 158 valence electrons. The number of carbonyl (C=O) groups is 1. The molecule has 0 saturated carbocycles. The predicted molar refractivity (Wildman–Crippen MR) is 90.4 cm³/mol. The van der Waals surface area contributed by atoms with Crippen molar-refractivity contribution in [3.05, 3.63) is 41.1 Å². The lowest BCUT2D eigenvalue weighted by Gasteiger charge is -2.32. The van der Waals surface area contributed by atoms with Gasteiger partial charge in [-0.25, -0.2) is 4.98 Å². The van der Waals surface area contributed by atoms with Crippen molar-refractivity contribution in [1.82, 2.24) is 10.3 Å². The third-order valence-electron chi connectivity index (χ3n) is 5.02. The molecule has 1 aliphatic rings. The molecule has 0 spiro atoms. The minimum atomic E-state index is -5.00. The van der Waals surface area contributed by atoms with Crippen LogP contribution in [-0.2, 0) is 17.1 Å². The molecular formula is C18H17F6N3O2. The first-order valence-corrected chi connectivity index (χ1v) is 8.68. The zero-order chi connectivity index (χ0) is 21.6. The summed E-state index contributed by atoms with van der Waals surface area (Å²) in [5, 5.41) is 13.3. The minimum absolute atomic E-state index is 0.111. The van der Waals surface area contributed by atoms with Crippen LogP contribution in [0.3, 0.4) is 0 Å². The van der Waals surface area contributed by atoms with E-state index in [1.54, 1.807) is 0 Å². The van der Waals surface area contributed by atoms with E-state index in [-0.39, 0.29) is 23.9 Å². The number of benzene rings is 1. The summed E-state index contributed by atoms with van der Waals surface area (Å²) < 4.78 is 79.8. The number of piperidine rings is 1. The van der Waals surface area contributed by atoms with Crippen LogP contribution in [0.25, 0.3) is 10.9 Å². The quantitative estimate of drug-likeness (QED) is 0.665. The maximum absolute atomic E-state index is 13.3. The van der Waals surface area contributed by atoms with E-state index in [2.05, 4.69) is 10.3 Å². The van der Waals surface area contributed by atoms with Gasteiger partial charge in [-0.15, -0.1) is 0 Å². The highest BCUT2D eigenvalue weighted by Gasteiger charge is 2.39. The number of carbonyl (C=O) groups excluding carboxylic acids is 1. The maximum atomic E-state index is 13.3. The number of hydrogen-bond donors (Lipinski definition) is 3. The van der Waals surface area contributed by atoms with Gasteiger partial charge in [-0.2, -0.15) is 26.3 Å². The highest BCUT2D eigenvalue weighted by atomic mass is 19.4. The number of amides is 1. The van der Waals surface area contributed by atoms with E-state index < -0.39 is 53.1 Å². The van der Waals surface area contributed by atoms with E-state index in [0.29, 0.717) is 18.6 Å². The Bertz CT molecular complexity index is 920. The van der Waals surface area contributed by atoms with Gasteiger partial charge in [0.25, 0.3) is 0 Å². The molecule has 1 fully saturated rings. The van der Waals surface area contributed by atoms with Gasteiger partial charge in [0, 0.05) is 18.0 Å². The molecule has 4 N–H and O–H groups in total. The number of hydrogen-bond acceptors (Lipinski definition) is 4. The Morgan fingerprint density at radius 2 is 1.86 bits per heavy atom. The number of nitrogens with zero attached hydrogens (tertiary/aromatic N) is 1. The third-order valence-corrected chi connectivity index (χ3v) is 5.02. The van der Waals surface area contributed by atoms with Gasteiger partial charge in [-0.1, -0.05) is 12.1 Å². The number of primary amides is 1. The second-order valence-corrected chi connectivity index (χ2v) is 6.93. The zero-order valence-corrected chi connectivity index (χ0v) is 14.8. The number of nitrogens with two attached hydrogens (primary N) is 1. The maximum Gasteiger partial charge on any atom is 0.433 e. The summed E-state index contributed by atoms with van der Waals surface area (Å²) in [5.41, 5.74) is 1.18. The summed E-state index contributed by atoms with van der Waals surface area (Å²) >= 11 is 0. The number of aliphatic hydroxyl groups excluding tert-OH is 1. The molecule has 2 aromatic rings. The van der Waals surface area contributed by atoms with E-state index >= 15 is 0 Å². The highest BCUT2D eigenvalue weighted by Crippen LogP contribution is 2.40. The van der Waals surface area contributed by atoms with E-state index in [9.17, 15) is 36.2 Å². The van der Waals surface area contributed by atoms with Gasteiger partial charge in [-0.05, 0) is 30.5 Å². The summed E-state index contributed by atoms with van der Waals surface area (Å²) in [6.45, 7) is 0.111. The minimum Gasteiger partial charge on any atom is -0.387 e. The first-order chi connectivity index (χ1) is 13.4. The van der Waals surface area contributed by atoms with Crippen LogP contribution >= 0.6 is 0 Å². The molecule has 5 nitrogen and oxygen atoms in total.